The number of hydrogen-bond acceptors (Lipinski definition) is 4. The Balaban J connectivity index is 2.10. The van der Waals surface area contributed by atoms with E-state index in [0.29, 0.717) is 15.6 Å². The van der Waals surface area contributed by atoms with Crippen molar-refractivity contribution in [1.82, 2.24) is 0 Å². The first-order chi connectivity index (χ1) is 11.8. The molecule has 0 aromatic heterocycles. The molecule has 0 unspecified atom stereocenters. The molecule has 0 spiro atoms. The molecule has 1 N–H and O–H groups in total. The lowest BCUT2D eigenvalue weighted by Crippen LogP contribution is -2.30. The third kappa shape index (κ3) is 4.90. The van der Waals surface area contributed by atoms with Gasteiger partial charge in [0.05, 0.1) is 21.3 Å². The third-order valence-corrected chi connectivity index (χ3v) is 4.74. The predicted molar refractivity (Wildman–Crippen MR) is 98.5 cm³/mol. The second-order valence-corrected chi connectivity index (χ2v) is 7.23. The summed E-state index contributed by atoms with van der Waals surface area (Å²) >= 11 is 5.93. The molecule has 5 nitrogen and oxygen atoms in total. The number of ether oxygens (including phenoxy) is 1. The van der Waals surface area contributed by atoms with Gasteiger partial charge >= 0.3 is 5.97 Å². The Kier molecular flexibility index (Phi) is 6.33. The van der Waals surface area contributed by atoms with Gasteiger partial charge in [-0.15, -0.1) is 0 Å². The van der Waals surface area contributed by atoms with E-state index in [0.717, 1.165) is 5.56 Å². The highest BCUT2D eigenvalue weighted by Gasteiger charge is 2.22. The van der Waals surface area contributed by atoms with Crippen LogP contribution in [0.25, 0.3) is 0 Å². The molecule has 7 heteroatoms. The van der Waals surface area contributed by atoms with Crippen molar-refractivity contribution >= 4 is 40.0 Å². The standard InChI is InChI=1S/C18H18ClNO4S/c1-11-8-9-13(19)10-15(11)20-17(21)12(2)24-18(22)14-6-4-5-7-16(14)25(3)23/h4-10,12H,1-3H3,(H,20,21)/t12-,25-/m1/s1. The fourth-order valence-corrected chi connectivity index (χ4v) is 3.03. The number of nitrogens with one attached hydrogen (secondary N) is 1. The Bertz CT molecular complexity index is 838. The number of halogens is 1. The minimum Gasteiger partial charge on any atom is -0.449 e. The normalized spacial score (nSPS) is 13.0. The molecule has 0 radical (unpaired) electrons. The van der Waals surface area contributed by atoms with Crippen molar-refractivity contribution in [3.63, 3.8) is 0 Å². The summed E-state index contributed by atoms with van der Waals surface area (Å²) in [6, 6.07) is 11.6. The van der Waals surface area contributed by atoms with E-state index in [2.05, 4.69) is 5.32 Å². The van der Waals surface area contributed by atoms with E-state index in [1.54, 1.807) is 36.4 Å². The van der Waals surface area contributed by atoms with Crippen molar-refractivity contribution in [2.75, 3.05) is 11.6 Å². The van der Waals surface area contributed by atoms with E-state index < -0.39 is 28.8 Å². The highest BCUT2D eigenvalue weighted by atomic mass is 35.5. The highest BCUT2D eigenvalue weighted by Crippen LogP contribution is 2.21. The van der Waals surface area contributed by atoms with E-state index in [1.165, 1.54) is 19.2 Å². The molecule has 2 rings (SSSR count). The van der Waals surface area contributed by atoms with Crippen molar-refractivity contribution in [1.29, 1.82) is 0 Å². The molecule has 132 valence electrons. The van der Waals surface area contributed by atoms with Gasteiger partial charge in [0.15, 0.2) is 6.10 Å². The first-order valence-corrected chi connectivity index (χ1v) is 9.43. The summed E-state index contributed by atoms with van der Waals surface area (Å²) in [5.74, 6) is -1.18. The van der Waals surface area contributed by atoms with Gasteiger partial charge in [0.2, 0.25) is 0 Å². The zero-order chi connectivity index (χ0) is 18.6. The zero-order valence-corrected chi connectivity index (χ0v) is 15.6. The van der Waals surface area contributed by atoms with E-state index >= 15 is 0 Å². The summed E-state index contributed by atoms with van der Waals surface area (Å²) in [6.07, 6.45) is 0.452. The molecule has 0 saturated heterocycles. The van der Waals surface area contributed by atoms with Gasteiger partial charge in [-0.1, -0.05) is 29.8 Å². The number of benzene rings is 2. The fraction of sp³-hybridized carbons (Fsp3) is 0.222. The topological polar surface area (TPSA) is 72.5 Å². The molecule has 0 fully saturated rings. The number of aryl methyl sites for hydroxylation is 1. The average molecular weight is 380 g/mol. The highest BCUT2D eigenvalue weighted by molar-refractivity contribution is 7.84. The number of anilines is 1. The molecule has 2 atom stereocenters. The Hall–Kier alpha value is -2.18. The minimum absolute atomic E-state index is 0.182. The van der Waals surface area contributed by atoms with Crippen LogP contribution in [0, 0.1) is 6.92 Å². The van der Waals surface area contributed by atoms with Crippen LogP contribution in [0.15, 0.2) is 47.4 Å². The molecular weight excluding hydrogens is 362 g/mol. The summed E-state index contributed by atoms with van der Waals surface area (Å²) < 4.78 is 16.9. The lowest BCUT2D eigenvalue weighted by Gasteiger charge is -2.15. The van der Waals surface area contributed by atoms with Gasteiger partial charge in [0, 0.05) is 17.0 Å². The number of carbonyl (C=O) groups is 2. The van der Waals surface area contributed by atoms with E-state index in [1.807, 2.05) is 6.92 Å². The maximum Gasteiger partial charge on any atom is 0.340 e. The maximum absolute atomic E-state index is 12.3. The van der Waals surface area contributed by atoms with E-state index in [-0.39, 0.29) is 5.56 Å². The summed E-state index contributed by atoms with van der Waals surface area (Å²) in [4.78, 5) is 24.9. The molecule has 25 heavy (non-hydrogen) atoms. The van der Waals surface area contributed by atoms with E-state index in [9.17, 15) is 13.8 Å². The van der Waals surface area contributed by atoms with Crippen molar-refractivity contribution in [2.24, 2.45) is 0 Å². The van der Waals surface area contributed by atoms with Gasteiger partial charge in [0.1, 0.15) is 0 Å². The Morgan fingerprint density at radius 3 is 2.56 bits per heavy atom. The number of carbonyl (C=O) groups excluding carboxylic acids is 2. The van der Waals surface area contributed by atoms with Crippen LogP contribution < -0.4 is 5.32 Å². The smallest absolute Gasteiger partial charge is 0.340 e. The SMILES string of the molecule is Cc1ccc(Cl)cc1NC(=O)[C@@H](C)OC(=O)c1ccccc1[S@@](C)=O. The quantitative estimate of drug-likeness (QED) is 0.806. The van der Waals surface area contributed by atoms with Gasteiger partial charge in [-0.2, -0.15) is 0 Å². The van der Waals surface area contributed by atoms with Crippen molar-refractivity contribution in [2.45, 2.75) is 24.8 Å². The van der Waals surface area contributed by atoms with Crippen LogP contribution in [0.2, 0.25) is 5.02 Å². The van der Waals surface area contributed by atoms with E-state index in [4.69, 9.17) is 16.3 Å². The first kappa shape index (κ1) is 19.1. The molecule has 0 bridgehead atoms. The van der Waals surface area contributed by atoms with Gasteiger partial charge < -0.3 is 10.1 Å². The number of hydrogen-bond donors (Lipinski definition) is 1. The van der Waals surface area contributed by atoms with Gasteiger partial charge in [-0.05, 0) is 43.7 Å². The fourth-order valence-electron chi connectivity index (χ4n) is 2.13. The second-order valence-electron chi connectivity index (χ2n) is 5.45. The minimum atomic E-state index is -1.34. The number of rotatable bonds is 5. The lowest BCUT2D eigenvalue weighted by molar-refractivity contribution is -0.123. The van der Waals surface area contributed by atoms with Crippen molar-refractivity contribution < 1.29 is 18.5 Å². The molecule has 2 aromatic rings. The molecule has 0 aliphatic heterocycles. The first-order valence-electron chi connectivity index (χ1n) is 7.50. The van der Waals surface area contributed by atoms with Gasteiger partial charge in [-0.25, -0.2) is 4.79 Å². The number of amides is 1. The average Bonchev–Trinajstić information content (AvgIpc) is 2.57. The van der Waals surface area contributed by atoms with Gasteiger partial charge in [-0.3, -0.25) is 9.00 Å². The summed E-state index contributed by atoms with van der Waals surface area (Å²) in [7, 11) is -1.34. The molecule has 0 aliphatic carbocycles. The molecule has 2 aromatic carbocycles. The largest absolute Gasteiger partial charge is 0.449 e. The van der Waals surface area contributed by atoms with Crippen LogP contribution in [0.3, 0.4) is 0 Å². The van der Waals surface area contributed by atoms with Crippen molar-refractivity contribution in [3.8, 4) is 0 Å². The van der Waals surface area contributed by atoms with Crippen molar-refractivity contribution in [3.05, 3.63) is 58.6 Å². The van der Waals surface area contributed by atoms with Gasteiger partial charge in [0.25, 0.3) is 5.91 Å². The monoisotopic (exact) mass is 379 g/mol. The number of esters is 1. The van der Waals surface area contributed by atoms with Crippen LogP contribution in [0.1, 0.15) is 22.8 Å². The predicted octanol–water partition coefficient (Wildman–Crippen LogP) is 3.57. The zero-order valence-electron chi connectivity index (χ0n) is 14.0. The lowest BCUT2D eigenvalue weighted by atomic mass is 10.2. The van der Waals surface area contributed by atoms with Crippen LogP contribution in [-0.2, 0) is 20.3 Å². The third-order valence-electron chi connectivity index (χ3n) is 3.53. The molecule has 1 amide bonds. The second kappa shape index (κ2) is 8.27. The van der Waals surface area contributed by atoms with Crippen LogP contribution in [0.5, 0.6) is 0 Å². The summed E-state index contributed by atoms with van der Waals surface area (Å²) in [5.41, 5.74) is 1.57. The molecule has 0 aliphatic rings. The summed E-state index contributed by atoms with van der Waals surface area (Å²) in [5, 5.41) is 3.18. The Labute approximate surface area is 153 Å². The molecular formula is C18H18ClNO4S. The Morgan fingerprint density at radius 1 is 1.20 bits per heavy atom. The van der Waals surface area contributed by atoms with Crippen LogP contribution >= 0.6 is 11.6 Å². The Morgan fingerprint density at radius 2 is 1.88 bits per heavy atom. The molecule has 0 saturated carbocycles. The molecule has 0 heterocycles. The van der Waals surface area contributed by atoms with Crippen LogP contribution in [0.4, 0.5) is 5.69 Å². The summed E-state index contributed by atoms with van der Waals surface area (Å²) in [6.45, 7) is 3.30. The van der Waals surface area contributed by atoms with Crippen LogP contribution in [-0.4, -0.2) is 28.4 Å². The maximum atomic E-state index is 12.3.